The zero-order valence-corrected chi connectivity index (χ0v) is 18.9. The number of aliphatic imine (C=N–C) groups is 1. The van der Waals surface area contributed by atoms with Crippen molar-refractivity contribution < 1.29 is 9.47 Å². The van der Waals surface area contributed by atoms with Gasteiger partial charge in [0, 0.05) is 17.8 Å². The second-order valence-electron chi connectivity index (χ2n) is 7.33. The summed E-state index contributed by atoms with van der Waals surface area (Å²) in [5.74, 6) is 2.39. The molecule has 2 rings (SSSR count). The molecule has 0 radical (unpaired) electrons. The van der Waals surface area contributed by atoms with Crippen LogP contribution in [0.1, 0.15) is 37.8 Å². The number of guanidine groups is 1. The summed E-state index contributed by atoms with van der Waals surface area (Å²) in [6.45, 7) is 3.62. The van der Waals surface area contributed by atoms with Gasteiger partial charge in [0.15, 0.2) is 17.5 Å². The lowest BCUT2D eigenvalue weighted by Gasteiger charge is -2.25. The lowest BCUT2D eigenvalue weighted by Crippen LogP contribution is -2.43. The minimum absolute atomic E-state index is 0.151. The summed E-state index contributed by atoms with van der Waals surface area (Å²) in [5, 5.41) is 7.79. The SMILES string of the molecule is CCNC(=NCC(c1ccc(OC)c(OC)c1)N(C)C)NC1CCC(SC)C1. The standard InChI is InChI=1S/C21H36N4O2S/c1-7-22-21(24-16-9-10-17(13-16)28-6)23-14-18(25(2)3)15-8-11-19(26-4)20(12-15)27-5/h8,11-12,16-18H,7,9-10,13-14H2,1-6H3,(H2,22,23,24). The van der Waals surface area contributed by atoms with Gasteiger partial charge < -0.3 is 25.0 Å². The average Bonchev–Trinajstić information content (AvgIpc) is 3.15. The Morgan fingerprint density at radius 3 is 2.57 bits per heavy atom. The summed E-state index contributed by atoms with van der Waals surface area (Å²) in [7, 11) is 7.49. The highest BCUT2D eigenvalue weighted by Crippen LogP contribution is 2.31. The van der Waals surface area contributed by atoms with Gasteiger partial charge in [0.05, 0.1) is 26.8 Å². The van der Waals surface area contributed by atoms with E-state index in [4.69, 9.17) is 14.5 Å². The first-order chi connectivity index (χ1) is 13.5. The first-order valence-electron chi connectivity index (χ1n) is 9.98. The van der Waals surface area contributed by atoms with Crippen molar-refractivity contribution in [3.63, 3.8) is 0 Å². The van der Waals surface area contributed by atoms with Crippen LogP contribution >= 0.6 is 11.8 Å². The minimum Gasteiger partial charge on any atom is -0.493 e. The molecule has 1 aromatic carbocycles. The number of nitrogens with one attached hydrogen (secondary N) is 2. The highest BCUT2D eigenvalue weighted by atomic mass is 32.2. The molecule has 1 aliphatic rings. The van der Waals surface area contributed by atoms with Crippen LogP contribution in [0.25, 0.3) is 0 Å². The number of hydrogen-bond donors (Lipinski definition) is 2. The normalized spacial score (nSPS) is 20.9. The van der Waals surface area contributed by atoms with Crippen molar-refractivity contribution >= 4 is 17.7 Å². The molecule has 0 spiro atoms. The molecular formula is C21H36N4O2S. The summed E-state index contributed by atoms with van der Waals surface area (Å²) in [4.78, 5) is 7.09. The van der Waals surface area contributed by atoms with Crippen LogP contribution in [0.4, 0.5) is 0 Å². The molecule has 0 amide bonds. The summed E-state index contributed by atoms with van der Waals surface area (Å²) >= 11 is 1.97. The van der Waals surface area contributed by atoms with Gasteiger partial charge in [-0.05, 0) is 64.2 Å². The third kappa shape index (κ3) is 6.21. The number of nitrogens with zero attached hydrogens (tertiary/aromatic N) is 2. The fourth-order valence-corrected chi connectivity index (χ4v) is 4.40. The number of likely N-dealkylation sites (N-methyl/N-ethyl adjacent to an activating group) is 1. The van der Waals surface area contributed by atoms with Gasteiger partial charge >= 0.3 is 0 Å². The summed E-state index contributed by atoms with van der Waals surface area (Å²) in [6.07, 6.45) is 5.91. The Bertz CT molecular complexity index is 639. The van der Waals surface area contributed by atoms with E-state index in [1.807, 2.05) is 23.9 Å². The van der Waals surface area contributed by atoms with E-state index in [1.165, 1.54) is 19.3 Å². The molecule has 0 aromatic heterocycles. The number of thioether (sulfide) groups is 1. The van der Waals surface area contributed by atoms with E-state index >= 15 is 0 Å². The second-order valence-corrected chi connectivity index (χ2v) is 8.46. The predicted octanol–water partition coefficient (Wildman–Crippen LogP) is 3.15. The molecule has 3 atom stereocenters. The fourth-order valence-electron chi connectivity index (χ4n) is 3.60. The monoisotopic (exact) mass is 408 g/mol. The Morgan fingerprint density at radius 1 is 1.25 bits per heavy atom. The van der Waals surface area contributed by atoms with Crippen molar-refractivity contribution in [1.29, 1.82) is 0 Å². The highest BCUT2D eigenvalue weighted by Gasteiger charge is 2.24. The van der Waals surface area contributed by atoms with Crippen LogP contribution in [-0.2, 0) is 0 Å². The van der Waals surface area contributed by atoms with E-state index in [1.54, 1.807) is 14.2 Å². The maximum atomic E-state index is 5.47. The molecule has 6 nitrogen and oxygen atoms in total. The van der Waals surface area contributed by atoms with Gasteiger partial charge in [0.25, 0.3) is 0 Å². The highest BCUT2D eigenvalue weighted by molar-refractivity contribution is 7.99. The van der Waals surface area contributed by atoms with Gasteiger partial charge in [0.2, 0.25) is 0 Å². The molecule has 158 valence electrons. The largest absolute Gasteiger partial charge is 0.493 e. The molecule has 7 heteroatoms. The maximum Gasteiger partial charge on any atom is 0.191 e. The van der Waals surface area contributed by atoms with E-state index in [-0.39, 0.29) is 6.04 Å². The Labute approximate surface area is 174 Å². The van der Waals surface area contributed by atoms with Gasteiger partial charge in [-0.15, -0.1) is 0 Å². The van der Waals surface area contributed by atoms with E-state index in [0.29, 0.717) is 12.6 Å². The number of rotatable bonds is 9. The molecule has 1 fully saturated rings. The van der Waals surface area contributed by atoms with Crippen molar-refractivity contribution in [2.45, 2.75) is 43.5 Å². The average molecular weight is 409 g/mol. The first-order valence-corrected chi connectivity index (χ1v) is 11.3. The Balaban J connectivity index is 2.12. The van der Waals surface area contributed by atoms with Crippen LogP contribution in [0.3, 0.4) is 0 Å². The van der Waals surface area contributed by atoms with E-state index < -0.39 is 0 Å². The molecule has 1 saturated carbocycles. The smallest absolute Gasteiger partial charge is 0.191 e. The minimum atomic E-state index is 0.151. The molecule has 1 aromatic rings. The van der Waals surface area contributed by atoms with Gasteiger partial charge in [-0.2, -0.15) is 11.8 Å². The molecule has 28 heavy (non-hydrogen) atoms. The van der Waals surface area contributed by atoms with Crippen LogP contribution in [0.15, 0.2) is 23.2 Å². The summed E-state index contributed by atoms with van der Waals surface area (Å²) < 4.78 is 10.8. The van der Waals surface area contributed by atoms with Gasteiger partial charge in [0.1, 0.15) is 0 Å². The first kappa shape index (κ1) is 22.7. The number of benzene rings is 1. The van der Waals surface area contributed by atoms with Gasteiger partial charge in [-0.3, -0.25) is 4.99 Å². The number of hydrogen-bond acceptors (Lipinski definition) is 5. The molecule has 2 N–H and O–H groups in total. The Morgan fingerprint density at radius 2 is 2.00 bits per heavy atom. The predicted molar refractivity (Wildman–Crippen MR) is 120 cm³/mol. The van der Waals surface area contributed by atoms with Gasteiger partial charge in [-0.1, -0.05) is 6.07 Å². The third-order valence-corrected chi connectivity index (χ3v) is 6.34. The lowest BCUT2D eigenvalue weighted by molar-refractivity contribution is 0.303. The molecule has 0 heterocycles. The van der Waals surface area contributed by atoms with Crippen molar-refractivity contribution in [3.05, 3.63) is 23.8 Å². The summed E-state index contributed by atoms with van der Waals surface area (Å²) in [6, 6.07) is 6.74. The molecular weight excluding hydrogens is 372 g/mol. The van der Waals surface area contributed by atoms with Crippen LogP contribution in [0.2, 0.25) is 0 Å². The Kier molecular flexibility index (Phi) is 9.25. The van der Waals surface area contributed by atoms with Crippen molar-refractivity contribution in [2.75, 3.05) is 47.7 Å². The molecule has 0 aliphatic heterocycles. The maximum absolute atomic E-state index is 5.47. The van der Waals surface area contributed by atoms with Gasteiger partial charge in [-0.25, -0.2) is 0 Å². The molecule has 0 bridgehead atoms. The van der Waals surface area contributed by atoms with E-state index in [9.17, 15) is 0 Å². The molecule has 0 saturated heterocycles. The second kappa shape index (κ2) is 11.4. The van der Waals surface area contributed by atoms with Crippen molar-refractivity contribution in [3.8, 4) is 11.5 Å². The zero-order valence-electron chi connectivity index (χ0n) is 18.1. The lowest BCUT2D eigenvalue weighted by atomic mass is 10.1. The zero-order chi connectivity index (χ0) is 20.5. The summed E-state index contributed by atoms with van der Waals surface area (Å²) in [5.41, 5.74) is 1.16. The van der Waals surface area contributed by atoms with E-state index in [2.05, 4.69) is 48.9 Å². The van der Waals surface area contributed by atoms with E-state index in [0.717, 1.165) is 34.8 Å². The molecule has 3 unspecified atom stereocenters. The number of methoxy groups -OCH3 is 2. The Hall–Kier alpha value is -1.60. The fraction of sp³-hybridized carbons (Fsp3) is 0.667. The van der Waals surface area contributed by atoms with Crippen LogP contribution < -0.4 is 20.1 Å². The number of ether oxygens (including phenoxy) is 2. The van der Waals surface area contributed by atoms with Crippen LogP contribution in [0, 0.1) is 0 Å². The van der Waals surface area contributed by atoms with Crippen LogP contribution in [-0.4, -0.2) is 69.8 Å². The molecule has 1 aliphatic carbocycles. The topological polar surface area (TPSA) is 58.1 Å². The van der Waals surface area contributed by atoms with Crippen LogP contribution in [0.5, 0.6) is 11.5 Å². The van der Waals surface area contributed by atoms with Crippen molar-refractivity contribution in [1.82, 2.24) is 15.5 Å². The quantitative estimate of drug-likeness (QED) is 0.484. The van der Waals surface area contributed by atoms with Crippen molar-refractivity contribution in [2.24, 2.45) is 4.99 Å². The third-order valence-electron chi connectivity index (χ3n) is 5.24.